The molecule has 1 aliphatic carbocycles. The van der Waals surface area contributed by atoms with E-state index in [9.17, 15) is 9.59 Å². The highest BCUT2D eigenvalue weighted by atomic mass is 16.5. The average molecular weight is 383 g/mol. The summed E-state index contributed by atoms with van der Waals surface area (Å²) >= 11 is 0. The Labute approximate surface area is 163 Å². The first kappa shape index (κ1) is 18.5. The summed E-state index contributed by atoms with van der Waals surface area (Å²) in [4.78, 5) is 24.4. The highest BCUT2D eigenvalue weighted by Gasteiger charge is 2.40. The normalized spacial score (nSPS) is 21.6. The van der Waals surface area contributed by atoms with Gasteiger partial charge in [0.1, 0.15) is 11.5 Å². The molecule has 1 unspecified atom stereocenters. The summed E-state index contributed by atoms with van der Waals surface area (Å²) in [6.07, 6.45) is 6.90. The molecule has 28 heavy (non-hydrogen) atoms. The van der Waals surface area contributed by atoms with Crippen molar-refractivity contribution >= 4 is 11.8 Å². The van der Waals surface area contributed by atoms with Crippen molar-refractivity contribution in [3.05, 3.63) is 52.4 Å². The number of furan rings is 1. The zero-order chi connectivity index (χ0) is 19.7. The van der Waals surface area contributed by atoms with E-state index in [1.807, 2.05) is 19.9 Å². The molecule has 2 N–H and O–H groups in total. The molecule has 0 saturated carbocycles. The molecule has 1 atom stereocenters. The van der Waals surface area contributed by atoms with E-state index in [0.29, 0.717) is 30.9 Å². The number of hydrogen-bond donors (Lipinski definition) is 2. The SMILES string of the molecule is Cc1noc(C)c1Cc1ccc(C(=O)NCC23CCCC=C2NC(=O)CC3)o1. The topological polar surface area (TPSA) is 97.4 Å². The standard InChI is InChI=1S/C21H25N3O4/c1-13-16(14(2)28-24-13)11-15-6-7-17(27-15)20(26)22-12-21-9-4-3-5-18(21)23-19(25)8-10-21/h5-7H,3-4,8-12H2,1-2H3,(H,22,26)(H,23,25). The second kappa shape index (κ2) is 7.30. The minimum Gasteiger partial charge on any atom is -0.456 e. The molecule has 0 spiro atoms. The summed E-state index contributed by atoms with van der Waals surface area (Å²) in [6.45, 7) is 4.25. The molecule has 2 aromatic heterocycles. The molecular formula is C21H25N3O4. The number of fused-ring (bicyclic) bond motifs is 1. The number of amides is 2. The van der Waals surface area contributed by atoms with Gasteiger partial charge in [-0.25, -0.2) is 0 Å². The second-order valence-electron chi connectivity index (χ2n) is 7.77. The summed E-state index contributed by atoms with van der Waals surface area (Å²) in [6, 6.07) is 3.51. The number of nitrogens with one attached hydrogen (secondary N) is 2. The van der Waals surface area contributed by atoms with E-state index in [-0.39, 0.29) is 17.2 Å². The molecule has 7 nitrogen and oxygen atoms in total. The van der Waals surface area contributed by atoms with Gasteiger partial charge in [-0.2, -0.15) is 0 Å². The maximum atomic E-state index is 12.6. The Morgan fingerprint density at radius 2 is 2.18 bits per heavy atom. The van der Waals surface area contributed by atoms with Gasteiger partial charge in [0.2, 0.25) is 5.91 Å². The van der Waals surface area contributed by atoms with Gasteiger partial charge in [-0.15, -0.1) is 0 Å². The van der Waals surface area contributed by atoms with Crippen LogP contribution in [0.25, 0.3) is 0 Å². The number of carbonyl (C=O) groups is 2. The van der Waals surface area contributed by atoms with E-state index in [0.717, 1.165) is 48.4 Å². The van der Waals surface area contributed by atoms with Crippen LogP contribution in [0.4, 0.5) is 0 Å². The van der Waals surface area contributed by atoms with Crippen LogP contribution in [0.1, 0.15) is 65.4 Å². The fourth-order valence-corrected chi connectivity index (χ4v) is 4.18. The zero-order valence-electron chi connectivity index (χ0n) is 16.3. The first-order valence-corrected chi connectivity index (χ1v) is 9.76. The fraction of sp³-hybridized carbons (Fsp3) is 0.476. The van der Waals surface area contributed by atoms with Gasteiger partial charge in [-0.05, 0) is 51.7 Å². The molecule has 1 fully saturated rings. The molecule has 0 radical (unpaired) electrons. The smallest absolute Gasteiger partial charge is 0.287 e. The monoisotopic (exact) mass is 383 g/mol. The van der Waals surface area contributed by atoms with E-state index in [1.54, 1.807) is 6.07 Å². The second-order valence-corrected chi connectivity index (χ2v) is 7.77. The summed E-state index contributed by atoms with van der Waals surface area (Å²) in [5.41, 5.74) is 2.60. The maximum absolute atomic E-state index is 12.6. The number of hydrogen-bond acceptors (Lipinski definition) is 5. The molecular weight excluding hydrogens is 358 g/mol. The van der Waals surface area contributed by atoms with Crippen LogP contribution in [-0.4, -0.2) is 23.5 Å². The van der Waals surface area contributed by atoms with Crippen LogP contribution in [0.15, 0.2) is 32.8 Å². The molecule has 0 bridgehead atoms. The number of piperidine rings is 1. The number of aromatic nitrogens is 1. The molecule has 0 aromatic carbocycles. The Morgan fingerprint density at radius 1 is 1.32 bits per heavy atom. The fourth-order valence-electron chi connectivity index (χ4n) is 4.18. The van der Waals surface area contributed by atoms with E-state index in [1.165, 1.54) is 0 Å². The van der Waals surface area contributed by atoms with Crippen LogP contribution in [0.3, 0.4) is 0 Å². The van der Waals surface area contributed by atoms with Gasteiger partial charge in [-0.3, -0.25) is 9.59 Å². The molecule has 4 rings (SSSR count). The summed E-state index contributed by atoms with van der Waals surface area (Å²) < 4.78 is 10.9. The van der Waals surface area contributed by atoms with E-state index >= 15 is 0 Å². The molecule has 1 saturated heterocycles. The van der Waals surface area contributed by atoms with Crippen molar-refractivity contribution in [1.82, 2.24) is 15.8 Å². The first-order valence-electron chi connectivity index (χ1n) is 9.76. The lowest BCUT2D eigenvalue weighted by Gasteiger charge is -2.42. The van der Waals surface area contributed by atoms with E-state index < -0.39 is 0 Å². The van der Waals surface area contributed by atoms with Crippen LogP contribution in [0.2, 0.25) is 0 Å². The van der Waals surface area contributed by atoms with E-state index in [4.69, 9.17) is 8.94 Å². The number of carbonyl (C=O) groups excluding carboxylic acids is 2. The Hall–Kier alpha value is -2.83. The lowest BCUT2D eigenvalue weighted by atomic mass is 9.70. The summed E-state index contributed by atoms with van der Waals surface area (Å²) in [5.74, 6) is 1.57. The number of allylic oxidation sites excluding steroid dienone is 1. The Morgan fingerprint density at radius 3 is 2.96 bits per heavy atom. The highest BCUT2D eigenvalue weighted by molar-refractivity contribution is 5.91. The van der Waals surface area contributed by atoms with Gasteiger partial charge in [0, 0.05) is 36.1 Å². The van der Waals surface area contributed by atoms with Crippen molar-refractivity contribution < 1.29 is 18.5 Å². The van der Waals surface area contributed by atoms with Crippen LogP contribution in [-0.2, 0) is 11.2 Å². The van der Waals surface area contributed by atoms with Gasteiger partial charge in [0.05, 0.1) is 5.69 Å². The van der Waals surface area contributed by atoms with Crippen molar-refractivity contribution in [3.63, 3.8) is 0 Å². The number of nitrogens with zero attached hydrogens (tertiary/aromatic N) is 1. The van der Waals surface area contributed by atoms with Crippen molar-refractivity contribution in [2.24, 2.45) is 5.41 Å². The quantitative estimate of drug-likeness (QED) is 0.826. The molecule has 2 amide bonds. The van der Waals surface area contributed by atoms with Crippen LogP contribution in [0, 0.1) is 19.3 Å². The zero-order valence-corrected chi connectivity index (χ0v) is 16.3. The third-order valence-electron chi connectivity index (χ3n) is 5.89. The van der Waals surface area contributed by atoms with Gasteiger partial charge in [0.25, 0.3) is 5.91 Å². The van der Waals surface area contributed by atoms with Crippen molar-refractivity contribution in [1.29, 1.82) is 0 Å². The predicted molar refractivity (Wildman–Crippen MR) is 102 cm³/mol. The van der Waals surface area contributed by atoms with Gasteiger partial charge >= 0.3 is 0 Å². The lowest BCUT2D eigenvalue weighted by molar-refractivity contribution is -0.122. The van der Waals surface area contributed by atoms with Gasteiger partial charge < -0.3 is 19.6 Å². The first-order chi connectivity index (χ1) is 13.5. The van der Waals surface area contributed by atoms with Crippen LogP contribution >= 0.6 is 0 Å². The van der Waals surface area contributed by atoms with E-state index in [2.05, 4.69) is 21.9 Å². The van der Waals surface area contributed by atoms with Crippen LogP contribution < -0.4 is 10.6 Å². The number of rotatable bonds is 5. The lowest BCUT2D eigenvalue weighted by Crippen LogP contribution is -2.48. The molecule has 148 valence electrons. The largest absolute Gasteiger partial charge is 0.456 e. The maximum Gasteiger partial charge on any atom is 0.287 e. The Bertz CT molecular complexity index is 920. The highest BCUT2D eigenvalue weighted by Crippen LogP contribution is 2.42. The van der Waals surface area contributed by atoms with Crippen LogP contribution in [0.5, 0.6) is 0 Å². The third kappa shape index (κ3) is 3.48. The molecule has 3 heterocycles. The van der Waals surface area contributed by atoms with Crippen molar-refractivity contribution in [2.45, 2.75) is 52.4 Å². The van der Waals surface area contributed by atoms with Gasteiger partial charge in [-0.1, -0.05) is 11.2 Å². The van der Waals surface area contributed by atoms with Crippen molar-refractivity contribution in [2.75, 3.05) is 6.54 Å². The summed E-state index contributed by atoms with van der Waals surface area (Å²) in [7, 11) is 0. The summed E-state index contributed by atoms with van der Waals surface area (Å²) in [5, 5.41) is 9.95. The average Bonchev–Trinajstić information content (AvgIpc) is 3.29. The Kier molecular flexibility index (Phi) is 4.83. The minimum absolute atomic E-state index is 0.0603. The molecule has 2 aliphatic rings. The minimum atomic E-state index is -0.235. The van der Waals surface area contributed by atoms with Crippen molar-refractivity contribution in [3.8, 4) is 0 Å². The third-order valence-corrected chi connectivity index (χ3v) is 5.89. The molecule has 1 aliphatic heterocycles. The Balaban J connectivity index is 1.42. The van der Waals surface area contributed by atoms with Gasteiger partial charge in [0.15, 0.2) is 5.76 Å². The molecule has 7 heteroatoms. The molecule has 2 aromatic rings. The predicted octanol–water partition coefficient (Wildman–Crippen LogP) is 3.17. The number of aryl methyl sites for hydroxylation is 2.